The average molecular weight is 412 g/mol. The van der Waals surface area contributed by atoms with Crippen molar-refractivity contribution in [3.05, 3.63) is 59.7 Å². The van der Waals surface area contributed by atoms with Gasteiger partial charge in [-0.3, -0.25) is 14.5 Å². The van der Waals surface area contributed by atoms with Gasteiger partial charge in [0.15, 0.2) is 0 Å². The highest BCUT2D eigenvalue weighted by atomic mass is 16.5. The van der Waals surface area contributed by atoms with Crippen LogP contribution in [0, 0.1) is 0 Å². The Bertz CT molecular complexity index is 854. The van der Waals surface area contributed by atoms with Crippen molar-refractivity contribution in [2.75, 3.05) is 26.8 Å². The lowest BCUT2D eigenvalue weighted by Crippen LogP contribution is -2.56. The van der Waals surface area contributed by atoms with Gasteiger partial charge in [0.2, 0.25) is 11.8 Å². The van der Waals surface area contributed by atoms with Crippen LogP contribution in [0.1, 0.15) is 24.5 Å². The van der Waals surface area contributed by atoms with E-state index in [4.69, 9.17) is 9.47 Å². The van der Waals surface area contributed by atoms with Gasteiger partial charge in [-0.2, -0.15) is 0 Å². The summed E-state index contributed by atoms with van der Waals surface area (Å²) >= 11 is 0. The Morgan fingerprint density at radius 1 is 1.20 bits per heavy atom. The van der Waals surface area contributed by atoms with Crippen molar-refractivity contribution in [3.63, 3.8) is 0 Å². The van der Waals surface area contributed by atoms with Crippen LogP contribution in [0.3, 0.4) is 0 Å². The maximum Gasteiger partial charge on any atom is 0.237 e. The molecule has 160 valence electrons. The van der Waals surface area contributed by atoms with Gasteiger partial charge in [0.1, 0.15) is 11.5 Å². The minimum Gasteiger partial charge on any atom is -0.497 e. The normalized spacial score (nSPS) is 16.6. The van der Waals surface area contributed by atoms with Crippen molar-refractivity contribution in [1.29, 1.82) is 0 Å². The van der Waals surface area contributed by atoms with Gasteiger partial charge < -0.3 is 20.1 Å². The third kappa shape index (κ3) is 5.73. The molecular weight excluding hydrogens is 382 g/mol. The fourth-order valence-corrected chi connectivity index (χ4v) is 3.51. The van der Waals surface area contributed by atoms with Gasteiger partial charge in [0.25, 0.3) is 0 Å². The van der Waals surface area contributed by atoms with Gasteiger partial charge in [-0.15, -0.1) is 0 Å². The van der Waals surface area contributed by atoms with Crippen molar-refractivity contribution in [2.24, 2.45) is 0 Å². The Morgan fingerprint density at radius 2 is 1.97 bits per heavy atom. The predicted octanol–water partition coefficient (Wildman–Crippen LogP) is 2.10. The van der Waals surface area contributed by atoms with Gasteiger partial charge >= 0.3 is 0 Å². The second-order valence-electron chi connectivity index (χ2n) is 7.15. The molecular formula is C23H29N3O4. The summed E-state index contributed by atoms with van der Waals surface area (Å²) in [6.45, 7) is 4.74. The Kier molecular flexibility index (Phi) is 7.68. The van der Waals surface area contributed by atoms with Crippen LogP contribution in [0.25, 0.3) is 0 Å². The van der Waals surface area contributed by atoms with E-state index in [0.717, 1.165) is 22.6 Å². The molecule has 0 bridgehead atoms. The number of rotatable bonds is 9. The highest BCUT2D eigenvalue weighted by Gasteiger charge is 2.32. The van der Waals surface area contributed by atoms with Gasteiger partial charge in [0.05, 0.1) is 26.2 Å². The minimum atomic E-state index is -0.510. The minimum absolute atomic E-state index is 0.110. The molecule has 2 aromatic carbocycles. The Labute approximate surface area is 177 Å². The molecule has 0 spiro atoms. The molecule has 2 N–H and O–H groups in total. The molecule has 1 aliphatic rings. The van der Waals surface area contributed by atoms with Gasteiger partial charge in [-0.25, -0.2) is 0 Å². The first-order chi connectivity index (χ1) is 14.6. The highest BCUT2D eigenvalue weighted by molar-refractivity contribution is 5.88. The molecule has 1 aliphatic heterocycles. The van der Waals surface area contributed by atoms with E-state index in [1.165, 1.54) is 0 Å². The molecule has 1 unspecified atom stereocenters. The number of hydrogen-bond acceptors (Lipinski definition) is 5. The van der Waals surface area contributed by atoms with Gasteiger partial charge in [-0.05, 0) is 30.7 Å². The molecule has 2 amide bonds. The zero-order chi connectivity index (χ0) is 21.3. The smallest absolute Gasteiger partial charge is 0.237 e. The van der Waals surface area contributed by atoms with Crippen LogP contribution in [0.15, 0.2) is 48.5 Å². The van der Waals surface area contributed by atoms with E-state index in [1.54, 1.807) is 7.11 Å². The molecule has 0 saturated carbocycles. The molecule has 0 radical (unpaired) electrons. The second kappa shape index (κ2) is 10.6. The van der Waals surface area contributed by atoms with Crippen LogP contribution < -0.4 is 20.1 Å². The molecule has 1 atom stereocenters. The fraction of sp³-hybridized carbons (Fsp3) is 0.391. The number of methoxy groups -OCH3 is 1. The Hall–Kier alpha value is -3.06. The molecule has 0 aliphatic carbocycles. The van der Waals surface area contributed by atoms with E-state index >= 15 is 0 Å². The largest absolute Gasteiger partial charge is 0.497 e. The van der Waals surface area contributed by atoms with Crippen LogP contribution in [0.4, 0.5) is 0 Å². The lowest BCUT2D eigenvalue weighted by atomic mass is 10.1. The second-order valence-corrected chi connectivity index (χ2v) is 7.15. The van der Waals surface area contributed by atoms with Crippen molar-refractivity contribution in [2.45, 2.75) is 32.5 Å². The lowest BCUT2D eigenvalue weighted by Gasteiger charge is -2.35. The lowest BCUT2D eigenvalue weighted by molar-refractivity contribution is -0.134. The summed E-state index contributed by atoms with van der Waals surface area (Å²) in [6.07, 6.45) is 0.110. The molecule has 7 nitrogen and oxygen atoms in total. The number of piperazine rings is 1. The Balaban J connectivity index is 1.61. The van der Waals surface area contributed by atoms with Crippen molar-refractivity contribution < 1.29 is 19.1 Å². The summed E-state index contributed by atoms with van der Waals surface area (Å²) in [7, 11) is 1.62. The van der Waals surface area contributed by atoms with Crippen LogP contribution in [-0.4, -0.2) is 49.6 Å². The summed E-state index contributed by atoms with van der Waals surface area (Å²) < 4.78 is 10.9. The van der Waals surface area contributed by atoms with E-state index in [-0.39, 0.29) is 18.2 Å². The van der Waals surface area contributed by atoms with Gasteiger partial charge in [-0.1, -0.05) is 30.3 Å². The first-order valence-corrected chi connectivity index (χ1v) is 10.2. The van der Waals surface area contributed by atoms with E-state index in [9.17, 15) is 9.59 Å². The van der Waals surface area contributed by atoms with E-state index < -0.39 is 6.04 Å². The summed E-state index contributed by atoms with van der Waals surface area (Å²) in [5, 5.41) is 5.78. The van der Waals surface area contributed by atoms with Crippen molar-refractivity contribution in [1.82, 2.24) is 15.5 Å². The quantitative estimate of drug-likeness (QED) is 0.661. The van der Waals surface area contributed by atoms with E-state index in [0.29, 0.717) is 32.8 Å². The number of nitrogens with one attached hydrogen (secondary N) is 2. The highest BCUT2D eigenvalue weighted by Crippen LogP contribution is 2.22. The fourth-order valence-electron chi connectivity index (χ4n) is 3.51. The van der Waals surface area contributed by atoms with Crippen molar-refractivity contribution >= 4 is 11.8 Å². The molecule has 1 heterocycles. The maximum absolute atomic E-state index is 12.6. The number of ether oxygens (including phenoxy) is 2. The number of carbonyl (C=O) groups excluding carboxylic acids is 2. The topological polar surface area (TPSA) is 79.9 Å². The number of carbonyl (C=O) groups is 2. The molecule has 3 rings (SSSR count). The SMILES string of the molecule is CCOc1ccccc1CN1CCNC(=O)C1CC(=O)NCc1ccc(OC)cc1. The summed E-state index contributed by atoms with van der Waals surface area (Å²) in [6, 6.07) is 14.8. The molecule has 7 heteroatoms. The van der Waals surface area contributed by atoms with E-state index in [2.05, 4.69) is 10.6 Å². The Morgan fingerprint density at radius 3 is 2.70 bits per heavy atom. The summed E-state index contributed by atoms with van der Waals surface area (Å²) in [5.74, 6) is 1.31. The number of hydrogen-bond donors (Lipinski definition) is 2. The van der Waals surface area contributed by atoms with Crippen LogP contribution in [-0.2, 0) is 22.7 Å². The van der Waals surface area contributed by atoms with Crippen LogP contribution >= 0.6 is 0 Å². The van der Waals surface area contributed by atoms with Crippen LogP contribution in [0.2, 0.25) is 0 Å². The number of amides is 2. The zero-order valence-corrected chi connectivity index (χ0v) is 17.5. The molecule has 0 aromatic heterocycles. The first kappa shape index (κ1) is 21.6. The molecule has 1 fully saturated rings. The third-order valence-electron chi connectivity index (χ3n) is 5.12. The summed E-state index contributed by atoms with van der Waals surface area (Å²) in [4.78, 5) is 27.1. The van der Waals surface area contributed by atoms with Gasteiger partial charge in [0, 0.05) is 31.7 Å². The molecule has 1 saturated heterocycles. The number of nitrogens with zero attached hydrogens (tertiary/aromatic N) is 1. The molecule has 30 heavy (non-hydrogen) atoms. The third-order valence-corrected chi connectivity index (χ3v) is 5.12. The first-order valence-electron chi connectivity index (χ1n) is 10.2. The van der Waals surface area contributed by atoms with E-state index in [1.807, 2.05) is 60.4 Å². The standard InChI is InChI=1S/C23H29N3O4/c1-3-30-21-7-5-4-6-18(21)16-26-13-12-24-23(28)20(26)14-22(27)25-15-17-8-10-19(29-2)11-9-17/h4-11,20H,3,12-16H2,1-2H3,(H,24,28)(H,25,27). The maximum atomic E-state index is 12.6. The average Bonchev–Trinajstić information content (AvgIpc) is 2.76. The molecule has 2 aromatic rings. The summed E-state index contributed by atoms with van der Waals surface area (Å²) in [5.41, 5.74) is 1.98. The number of benzene rings is 2. The van der Waals surface area contributed by atoms with Crippen LogP contribution in [0.5, 0.6) is 11.5 Å². The number of para-hydroxylation sites is 1. The zero-order valence-electron chi connectivity index (χ0n) is 17.5. The predicted molar refractivity (Wildman–Crippen MR) is 114 cm³/mol. The van der Waals surface area contributed by atoms with Crippen molar-refractivity contribution in [3.8, 4) is 11.5 Å². The monoisotopic (exact) mass is 411 g/mol.